The van der Waals surface area contributed by atoms with Crippen LogP contribution in [0.15, 0.2) is 5.38 Å². The SMILES string of the molecule is Cc1nc(CC(=O)N2CCN(C)C3(CCC(=O)N(CC4CC4)CC3)C2)cs1. The molecule has 0 aromatic carbocycles. The van der Waals surface area contributed by atoms with Crippen molar-refractivity contribution in [3.8, 4) is 0 Å². The molecule has 1 unspecified atom stereocenters. The van der Waals surface area contributed by atoms with E-state index in [-0.39, 0.29) is 11.4 Å². The topological polar surface area (TPSA) is 56.8 Å². The number of nitrogens with zero attached hydrogens (tertiary/aromatic N) is 4. The molecular weight excluding hydrogens is 360 g/mol. The molecule has 1 aliphatic carbocycles. The molecule has 1 spiro atoms. The van der Waals surface area contributed by atoms with Gasteiger partial charge in [0, 0.05) is 50.1 Å². The van der Waals surface area contributed by atoms with Crippen LogP contribution in [0.25, 0.3) is 0 Å². The Bertz CT molecular complexity index is 717. The van der Waals surface area contributed by atoms with Gasteiger partial charge in [-0.1, -0.05) is 0 Å². The highest BCUT2D eigenvalue weighted by Gasteiger charge is 2.43. The van der Waals surface area contributed by atoms with Crippen molar-refractivity contribution in [3.05, 3.63) is 16.1 Å². The normalized spacial score (nSPS) is 27.3. The Hall–Kier alpha value is -1.47. The second kappa shape index (κ2) is 7.51. The van der Waals surface area contributed by atoms with Crippen molar-refractivity contribution in [1.29, 1.82) is 0 Å². The quantitative estimate of drug-likeness (QED) is 0.788. The van der Waals surface area contributed by atoms with Gasteiger partial charge in [-0.15, -0.1) is 11.3 Å². The minimum atomic E-state index is -0.0696. The fraction of sp³-hybridized carbons (Fsp3) is 0.750. The second-order valence-electron chi connectivity index (χ2n) is 8.53. The van der Waals surface area contributed by atoms with E-state index in [0.29, 0.717) is 18.7 Å². The number of amides is 2. The molecule has 27 heavy (non-hydrogen) atoms. The number of rotatable bonds is 4. The van der Waals surface area contributed by atoms with Crippen LogP contribution in [-0.2, 0) is 16.0 Å². The van der Waals surface area contributed by atoms with Crippen LogP contribution in [0.1, 0.15) is 42.8 Å². The van der Waals surface area contributed by atoms with Gasteiger partial charge in [-0.3, -0.25) is 14.5 Å². The molecule has 0 radical (unpaired) electrons. The largest absolute Gasteiger partial charge is 0.342 e. The highest BCUT2D eigenvalue weighted by Crippen LogP contribution is 2.35. The number of carbonyl (C=O) groups excluding carboxylic acids is 2. The number of hydrogen-bond donors (Lipinski definition) is 0. The third-order valence-corrected chi connectivity index (χ3v) is 7.35. The van der Waals surface area contributed by atoms with E-state index >= 15 is 0 Å². The number of aryl methyl sites for hydroxylation is 1. The molecule has 3 fully saturated rings. The van der Waals surface area contributed by atoms with Crippen LogP contribution < -0.4 is 0 Å². The summed E-state index contributed by atoms with van der Waals surface area (Å²) < 4.78 is 0. The van der Waals surface area contributed by atoms with E-state index in [1.165, 1.54) is 12.8 Å². The summed E-state index contributed by atoms with van der Waals surface area (Å²) in [7, 11) is 2.16. The highest BCUT2D eigenvalue weighted by atomic mass is 32.1. The molecule has 4 rings (SSSR count). The van der Waals surface area contributed by atoms with Crippen LogP contribution in [-0.4, -0.2) is 76.8 Å². The number of aromatic nitrogens is 1. The average molecular weight is 391 g/mol. The Morgan fingerprint density at radius 3 is 2.81 bits per heavy atom. The van der Waals surface area contributed by atoms with E-state index in [4.69, 9.17) is 0 Å². The Morgan fingerprint density at radius 1 is 1.30 bits per heavy atom. The summed E-state index contributed by atoms with van der Waals surface area (Å²) >= 11 is 1.59. The first-order valence-electron chi connectivity index (χ1n) is 10.1. The first-order valence-corrected chi connectivity index (χ1v) is 11.0. The molecule has 1 aromatic heterocycles. The Balaban J connectivity index is 1.43. The number of hydrogen-bond acceptors (Lipinski definition) is 5. The molecule has 1 saturated carbocycles. The minimum Gasteiger partial charge on any atom is -0.342 e. The zero-order chi connectivity index (χ0) is 19.0. The van der Waals surface area contributed by atoms with Gasteiger partial charge in [0.15, 0.2) is 0 Å². The lowest BCUT2D eigenvalue weighted by Gasteiger charge is -2.49. The van der Waals surface area contributed by atoms with E-state index in [9.17, 15) is 9.59 Å². The molecule has 6 nitrogen and oxygen atoms in total. The van der Waals surface area contributed by atoms with Gasteiger partial charge in [-0.05, 0) is 45.6 Å². The first kappa shape index (κ1) is 18.9. The van der Waals surface area contributed by atoms with E-state index in [2.05, 4.69) is 21.8 Å². The molecule has 2 amide bonds. The number of piperazine rings is 1. The molecule has 0 bridgehead atoms. The molecule has 7 heteroatoms. The predicted molar refractivity (Wildman–Crippen MR) is 106 cm³/mol. The van der Waals surface area contributed by atoms with Crippen molar-refractivity contribution in [3.63, 3.8) is 0 Å². The van der Waals surface area contributed by atoms with Gasteiger partial charge in [0.05, 0.1) is 17.1 Å². The summed E-state index contributed by atoms with van der Waals surface area (Å²) in [4.78, 5) is 36.4. The van der Waals surface area contributed by atoms with Gasteiger partial charge in [0.25, 0.3) is 0 Å². The lowest BCUT2D eigenvalue weighted by atomic mass is 9.86. The number of likely N-dealkylation sites (N-methyl/N-ethyl adjacent to an activating group) is 1. The van der Waals surface area contributed by atoms with Gasteiger partial charge < -0.3 is 9.80 Å². The standard InChI is InChI=1S/C20H30N4O2S/c1-15-21-17(13-27-15)11-19(26)24-10-9-22(2)20(14-24)6-5-18(25)23(8-7-20)12-16-3-4-16/h13,16H,3-12,14H2,1-2H3. The number of carbonyl (C=O) groups is 2. The Labute approximate surface area is 165 Å². The maximum atomic E-state index is 12.9. The third-order valence-electron chi connectivity index (χ3n) is 6.53. The maximum Gasteiger partial charge on any atom is 0.228 e. The van der Waals surface area contributed by atoms with Gasteiger partial charge in [0.1, 0.15) is 0 Å². The van der Waals surface area contributed by atoms with Gasteiger partial charge in [-0.25, -0.2) is 4.98 Å². The van der Waals surface area contributed by atoms with Crippen molar-refractivity contribution in [1.82, 2.24) is 19.7 Å². The lowest BCUT2D eigenvalue weighted by molar-refractivity contribution is -0.136. The summed E-state index contributed by atoms with van der Waals surface area (Å²) in [6, 6.07) is 0. The fourth-order valence-electron chi connectivity index (χ4n) is 4.47. The molecule has 1 atom stereocenters. The third kappa shape index (κ3) is 4.19. The maximum absolute atomic E-state index is 12.9. The van der Waals surface area contributed by atoms with Gasteiger partial charge >= 0.3 is 0 Å². The number of thiazole rings is 1. The van der Waals surface area contributed by atoms with Gasteiger partial charge in [-0.2, -0.15) is 0 Å². The Kier molecular flexibility index (Phi) is 5.25. The smallest absolute Gasteiger partial charge is 0.228 e. The molecule has 148 valence electrons. The average Bonchev–Trinajstić information content (AvgIpc) is 3.40. The fourth-order valence-corrected chi connectivity index (χ4v) is 5.08. The van der Waals surface area contributed by atoms with E-state index < -0.39 is 0 Å². The van der Waals surface area contributed by atoms with Crippen molar-refractivity contribution >= 4 is 23.2 Å². The van der Waals surface area contributed by atoms with Crippen LogP contribution >= 0.6 is 11.3 Å². The summed E-state index contributed by atoms with van der Waals surface area (Å²) in [5, 5.41) is 2.99. The van der Waals surface area contributed by atoms with E-state index in [1.807, 2.05) is 17.2 Å². The van der Waals surface area contributed by atoms with Crippen LogP contribution in [0, 0.1) is 12.8 Å². The minimum absolute atomic E-state index is 0.0696. The number of likely N-dealkylation sites (tertiary alicyclic amines) is 1. The second-order valence-corrected chi connectivity index (χ2v) is 9.59. The summed E-state index contributed by atoms with van der Waals surface area (Å²) in [5.41, 5.74) is 0.807. The highest BCUT2D eigenvalue weighted by molar-refractivity contribution is 7.09. The zero-order valence-electron chi connectivity index (χ0n) is 16.4. The lowest BCUT2D eigenvalue weighted by Crippen LogP contribution is -2.62. The molecule has 2 aliphatic heterocycles. The molecule has 2 saturated heterocycles. The van der Waals surface area contributed by atoms with Crippen LogP contribution in [0.5, 0.6) is 0 Å². The van der Waals surface area contributed by atoms with Crippen LogP contribution in [0.4, 0.5) is 0 Å². The Morgan fingerprint density at radius 2 is 2.11 bits per heavy atom. The summed E-state index contributed by atoms with van der Waals surface area (Å²) in [5.74, 6) is 1.19. The first-order chi connectivity index (χ1) is 12.9. The van der Waals surface area contributed by atoms with Crippen molar-refractivity contribution < 1.29 is 9.59 Å². The molecule has 3 heterocycles. The molecular formula is C20H30N4O2S. The van der Waals surface area contributed by atoms with Crippen LogP contribution in [0.2, 0.25) is 0 Å². The monoisotopic (exact) mass is 390 g/mol. The van der Waals surface area contributed by atoms with Crippen LogP contribution in [0.3, 0.4) is 0 Å². The van der Waals surface area contributed by atoms with E-state index in [1.54, 1.807) is 11.3 Å². The molecule has 3 aliphatic rings. The molecule has 1 aromatic rings. The van der Waals surface area contributed by atoms with Gasteiger partial charge in [0.2, 0.25) is 11.8 Å². The molecule has 0 N–H and O–H groups in total. The van der Waals surface area contributed by atoms with Crippen molar-refractivity contribution in [2.45, 2.75) is 51.0 Å². The van der Waals surface area contributed by atoms with Crippen molar-refractivity contribution in [2.75, 3.05) is 39.8 Å². The predicted octanol–water partition coefficient (Wildman–Crippen LogP) is 1.93. The van der Waals surface area contributed by atoms with E-state index in [0.717, 1.165) is 62.2 Å². The van der Waals surface area contributed by atoms with Crippen molar-refractivity contribution in [2.24, 2.45) is 5.92 Å². The summed E-state index contributed by atoms with van der Waals surface area (Å²) in [6.45, 7) is 6.10. The summed E-state index contributed by atoms with van der Waals surface area (Å²) in [6.07, 6.45) is 5.34. The zero-order valence-corrected chi connectivity index (χ0v) is 17.3.